The van der Waals surface area contributed by atoms with E-state index in [1.54, 1.807) is 20.4 Å². The maximum atomic E-state index is 6.00. The predicted octanol–water partition coefficient (Wildman–Crippen LogP) is 3.88. The largest absolute Gasteiger partial charge is 0.493 e. The van der Waals surface area contributed by atoms with Gasteiger partial charge in [0.15, 0.2) is 11.5 Å². The van der Waals surface area contributed by atoms with Crippen molar-refractivity contribution in [2.24, 2.45) is 0 Å². The van der Waals surface area contributed by atoms with Crippen molar-refractivity contribution in [2.45, 2.75) is 31.8 Å². The molecule has 0 radical (unpaired) electrons. The molecule has 3 aromatic rings. The molecular formula is C21H24N4O3. The lowest BCUT2D eigenvalue weighted by atomic mass is 10.0. The van der Waals surface area contributed by atoms with Gasteiger partial charge >= 0.3 is 0 Å². The van der Waals surface area contributed by atoms with Crippen LogP contribution in [-0.4, -0.2) is 40.8 Å². The van der Waals surface area contributed by atoms with Crippen LogP contribution in [0.3, 0.4) is 0 Å². The Morgan fingerprint density at radius 1 is 1.07 bits per heavy atom. The van der Waals surface area contributed by atoms with E-state index >= 15 is 0 Å². The van der Waals surface area contributed by atoms with Gasteiger partial charge in [-0.1, -0.05) is 24.6 Å². The van der Waals surface area contributed by atoms with E-state index in [1.807, 2.05) is 30.3 Å². The van der Waals surface area contributed by atoms with Crippen LogP contribution in [0.2, 0.25) is 0 Å². The Hall–Kier alpha value is -2.93. The molecule has 7 heteroatoms. The van der Waals surface area contributed by atoms with E-state index in [1.165, 1.54) is 0 Å². The molecule has 28 heavy (non-hydrogen) atoms. The monoisotopic (exact) mass is 380 g/mol. The van der Waals surface area contributed by atoms with Gasteiger partial charge in [-0.15, -0.1) is 10.2 Å². The van der Waals surface area contributed by atoms with Crippen LogP contribution in [0.4, 0.5) is 0 Å². The van der Waals surface area contributed by atoms with Gasteiger partial charge in [0.2, 0.25) is 5.89 Å². The van der Waals surface area contributed by atoms with E-state index in [0.717, 1.165) is 49.4 Å². The SMILES string of the molecule is COc1cccc(CN2CCCC[C@H]2c2nnc(-c3ccccn3)o2)c1OC. The summed E-state index contributed by atoms with van der Waals surface area (Å²) in [7, 11) is 3.33. The molecule has 1 aromatic carbocycles. The van der Waals surface area contributed by atoms with E-state index < -0.39 is 0 Å². The molecule has 146 valence electrons. The van der Waals surface area contributed by atoms with E-state index in [-0.39, 0.29) is 6.04 Å². The quantitative estimate of drug-likeness (QED) is 0.642. The first-order chi connectivity index (χ1) is 13.8. The minimum atomic E-state index is 0.0784. The Balaban J connectivity index is 1.59. The van der Waals surface area contributed by atoms with Gasteiger partial charge in [-0.2, -0.15) is 0 Å². The van der Waals surface area contributed by atoms with E-state index in [9.17, 15) is 0 Å². The Bertz CT molecular complexity index is 913. The molecule has 0 spiro atoms. The molecule has 0 N–H and O–H groups in total. The van der Waals surface area contributed by atoms with Crippen molar-refractivity contribution < 1.29 is 13.9 Å². The fourth-order valence-corrected chi connectivity index (χ4v) is 3.72. The van der Waals surface area contributed by atoms with Gasteiger partial charge in [0, 0.05) is 18.3 Å². The second kappa shape index (κ2) is 8.39. The molecule has 2 aromatic heterocycles. The summed E-state index contributed by atoms with van der Waals surface area (Å²) < 4.78 is 17.0. The lowest BCUT2D eigenvalue weighted by Gasteiger charge is -2.33. The number of nitrogens with zero attached hydrogens (tertiary/aromatic N) is 4. The zero-order valence-corrected chi connectivity index (χ0v) is 16.2. The summed E-state index contributed by atoms with van der Waals surface area (Å²) in [5.74, 6) is 2.61. The normalized spacial score (nSPS) is 17.4. The fraction of sp³-hybridized carbons (Fsp3) is 0.381. The molecule has 1 fully saturated rings. The smallest absolute Gasteiger partial charge is 0.266 e. The van der Waals surface area contributed by atoms with Gasteiger partial charge in [-0.05, 0) is 37.6 Å². The highest BCUT2D eigenvalue weighted by Gasteiger charge is 2.30. The average molecular weight is 380 g/mol. The molecule has 4 rings (SSSR count). The number of hydrogen-bond donors (Lipinski definition) is 0. The Labute approximate surface area is 164 Å². The highest BCUT2D eigenvalue weighted by molar-refractivity contribution is 5.47. The molecule has 7 nitrogen and oxygen atoms in total. The molecule has 1 aliphatic heterocycles. The number of aromatic nitrogens is 3. The van der Waals surface area contributed by atoms with Crippen LogP contribution < -0.4 is 9.47 Å². The van der Waals surface area contributed by atoms with Crippen molar-refractivity contribution in [1.82, 2.24) is 20.1 Å². The van der Waals surface area contributed by atoms with Crippen molar-refractivity contribution in [2.75, 3.05) is 20.8 Å². The van der Waals surface area contributed by atoms with Gasteiger partial charge in [-0.3, -0.25) is 9.88 Å². The number of benzene rings is 1. The minimum absolute atomic E-state index is 0.0784. The number of rotatable bonds is 6. The summed E-state index contributed by atoms with van der Waals surface area (Å²) >= 11 is 0. The lowest BCUT2D eigenvalue weighted by molar-refractivity contribution is 0.117. The number of piperidine rings is 1. The Kier molecular flexibility index (Phi) is 5.53. The molecule has 0 unspecified atom stereocenters. The third kappa shape index (κ3) is 3.71. The van der Waals surface area contributed by atoms with Gasteiger partial charge in [0.05, 0.1) is 20.3 Å². The van der Waals surface area contributed by atoms with Crippen LogP contribution in [0, 0.1) is 0 Å². The first kappa shape index (κ1) is 18.4. The number of likely N-dealkylation sites (tertiary alicyclic amines) is 1. The van der Waals surface area contributed by atoms with Gasteiger partial charge in [0.25, 0.3) is 5.89 Å². The molecule has 1 aliphatic rings. The number of para-hydroxylation sites is 1. The summed E-state index contributed by atoms with van der Waals surface area (Å²) in [6.07, 6.45) is 4.99. The van der Waals surface area contributed by atoms with Crippen LogP contribution in [0.5, 0.6) is 11.5 Å². The molecular weight excluding hydrogens is 356 g/mol. The van der Waals surface area contributed by atoms with Crippen LogP contribution >= 0.6 is 0 Å². The average Bonchev–Trinajstić information content (AvgIpc) is 3.24. The van der Waals surface area contributed by atoms with Crippen molar-refractivity contribution in [3.05, 3.63) is 54.0 Å². The highest BCUT2D eigenvalue weighted by atomic mass is 16.5. The standard InChI is InChI=1S/C21H24N4O3/c1-26-18-11-7-8-15(19(18)27-2)14-25-13-6-4-10-17(25)21-24-23-20(28-21)16-9-3-5-12-22-16/h3,5,7-9,11-12,17H,4,6,10,13-14H2,1-2H3/t17-/m0/s1. The number of pyridine rings is 1. The zero-order valence-electron chi connectivity index (χ0n) is 16.2. The Morgan fingerprint density at radius 2 is 2.00 bits per heavy atom. The Morgan fingerprint density at radius 3 is 2.79 bits per heavy atom. The van der Waals surface area contributed by atoms with Gasteiger partial charge in [0.1, 0.15) is 5.69 Å². The second-order valence-electron chi connectivity index (χ2n) is 6.80. The van der Waals surface area contributed by atoms with Crippen molar-refractivity contribution in [1.29, 1.82) is 0 Å². The molecule has 0 aliphatic carbocycles. The summed E-state index contributed by atoms with van der Waals surface area (Å²) in [6.45, 7) is 1.69. The molecule has 0 bridgehead atoms. The van der Waals surface area contributed by atoms with E-state index in [4.69, 9.17) is 13.9 Å². The summed E-state index contributed by atoms with van der Waals surface area (Å²) in [6, 6.07) is 11.7. The fourth-order valence-electron chi connectivity index (χ4n) is 3.72. The molecule has 1 atom stereocenters. The van der Waals surface area contributed by atoms with Gasteiger partial charge < -0.3 is 13.9 Å². The first-order valence-corrected chi connectivity index (χ1v) is 9.49. The van der Waals surface area contributed by atoms with Crippen molar-refractivity contribution in [3.63, 3.8) is 0 Å². The van der Waals surface area contributed by atoms with E-state index in [2.05, 4.69) is 26.1 Å². The number of ether oxygens (including phenoxy) is 2. The second-order valence-corrected chi connectivity index (χ2v) is 6.80. The minimum Gasteiger partial charge on any atom is -0.493 e. The third-order valence-electron chi connectivity index (χ3n) is 5.08. The highest BCUT2D eigenvalue weighted by Crippen LogP contribution is 2.36. The summed E-state index contributed by atoms with van der Waals surface area (Å²) in [4.78, 5) is 6.67. The van der Waals surface area contributed by atoms with Crippen molar-refractivity contribution in [3.8, 4) is 23.1 Å². The summed E-state index contributed by atoms with van der Waals surface area (Å²) in [5.41, 5.74) is 1.77. The zero-order chi connectivity index (χ0) is 19.3. The maximum absolute atomic E-state index is 6.00. The molecule has 3 heterocycles. The van der Waals surface area contributed by atoms with Crippen LogP contribution in [-0.2, 0) is 6.54 Å². The predicted molar refractivity (Wildman–Crippen MR) is 104 cm³/mol. The molecule has 0 amide bonds. The van der Waals surface area contributed by atoms with Crippen LogP contribution in [0.1, 0.15) is 36.8 Å². The number of methoxy groups -OCH3 is 2. The first-order valence-electron chi connectivity index (χ1n) is 9.49. The maximum Gasteiger partial charge on any atom is 0.266 e. The van der Waals surface area contributed by atoms with E-state index in [0.29, 0.717) is 17.5 Å². The van der Waals surface area contributed by atoms with Gasteiger partial charge in [-0.25, -0.2) is 0 Å². The summed E-state index contributed by atoms with van der Waals surface area (Å²) in [5, 5.41) is 8.54. The molecule has 0 saturated carbocycles. The van der Waals surface area contributed by atoms with Crippen LogP contribution in [0.15, 0.2) is 47.0 Å². The molecule has 1 saturated heterocycles. The topological polar surface area (TPSA) is 73.5 Å². The lowest BCUT2D eigenvalue weighted by Crippen LogP contribution is -2.33. The van der Waals surface area contributed by atoms with Crippen LogP contribution in [0.25, 0.3) is 11.6 Å². The third-order valence-corrected chi connectivity index (χ3v) is 5.08. The number of hydrogen-bond acceptors (Lipinski definition) is 7. The van der Waals surface area contributed by atoms with Crippen molar-refractivity contribution >= 4 is 0 Å².